The average molecular weight is 491 g/mol. The Balaban J connectivity index is 1.40. The van der Waals surface area contributed by atoms with E-state index in [9.17, 15) is 14.0 Å². The molecule has 35 heavy (non-hydrogen) atoms. The maximum Gasteiger partial charge on any atom is 0.287 e. The summed E-state index contributed by atoms with van der Waals surface area (Å²) in [6, 6.07) is 16.7. The molecule has 3 aromatic heterocycles. The smallest absolute Gasteiger partial charge is 0.287 e. The van der Waals surface area contributed by atoms with Crippen LogP contribution >= 0.6 is 11.3 Å². The van der Waals surface area contributed by atoms with Crippen molar-refractivity contribution in [2.45, 2.75) is 6.54 Å². The third-order valence-corrected chi connectivity index (χ3v) is 6.31. The van der Waals surface area contributed by atoms with Gasteiger partial charge in [-0.05, 0) is 41.8 Å². The summed E-state index contributed by atoms with van der Waals surface area (Å²) in [5.74, 6) is -0.602. The lowest BCUT2D eigenvalue weighted by Gasteiger charge is -2.09. The molecule has 0 unspecified atom stereocenters. The van der Waals surface area contributed by atoms with Crippen LogP contribution < -0.4 is 16.2 Å². The molecule has 9 nitrogen and oxygen atoms in total. The second kappa shape index (κ2) is 9.49. The molecule has 0 radical (unpaired) electrons. The number of anilines is 3. The van der Waals surface area contributed by atoms with Crippen molar-refractivity contribution in [1.82, 2.24) is 20.0 Å². The van der Waals surface area contributed by atoms with Crippen LogP contribution in [-0.4, -0.2) is 37.6 Å². The molecular weight excluding hydrogens is 471 g/mol. The van der Waals surface area contributed by atoms with Gasteiger partial charge < -0.3 is 15.7 Å². The molecule has 0 aliphatic carbocycles. The molecule has 3 heterocycles. The zero-order valence-corrected chi connectivity index (χ0v) is 19.0. The zero-order valence-electron chi connectivity index (χ0n) is 18.2. The number of aromatic nitrogens is 4. The largest absolute Gasteiger partial charge is 0.394 e. The fourth-order valence-corrected chi connectivity index (χ4v) is 4.46. The van der Waals surface area contributed by atoms with E-state index >= 15 is 0 Å². The second-order valence-corrected chi connectivity index (χ2v) is 8.69. The van der Waals surface area contributed by atoms with Crippen molar-refractivity contribution < 1.29 is 14.3 Å². The molecule has 0 atom stereocenters. The van der Waals surface area contributed by atoms with Crippen LogP contribution in [0.4, 0.5) is 21.6 Å². The van der Waals surface area contributed by atoms with E-state index in [0.717, 1.165) is 10.1 Å². The van der Waals surface area contributed by atoms with Gasteiger partial charge in [-0.25, -0.2) is 9.49 Å². The molecular formula is C24H19FN6O3S. The third kappa shape index (κ3) is 4.81. The van der Waals surface area contributed by atoms with Crippen molar-refractivity contribution in [3.63, 3.8) is 0 Å². The number of halogens is 1. The van der Waals surface area contributed by atoms with E-state index in [-0.39, 0.29) is 18.0 Å². The van der Waals surface area contributed by atoms with Crippen molar-refractivity contribution >= 4 is 44.5 Å². The fourth-order valence-electron chi connectivity index (χ4n) is 3.50. The number of carbonyl (C=O) groups excluding carboxylic acids is 1. The van der Waals surface area contributed by atoms with Crippen LogP contribution in [0.25, 0.3) is 21.3 Å². The number of hydrogen-bond donors (Lipinski definition) is 4. The number of nitrogens with one attached hydrogen (secondary N) is 3. The SMILES string of the molecule is O=C(Nc1cc(-c2cc(Nc3ccn(CCO)n3)c(=O)[nH]n2)ccc1F)c1cc2ccccc2s1. The number of fused-ring (bicyclic) bond motifs is 1. The highest BCUT2D eigenvalue weighted by Crippen LogP contribution is 2.28. The Kier molecular flexibility index (Phi) is 6.08. The predicted molar refractivity (Wildman–Crippen MR) is 133 cm³/mol. The van der Waals surface area contributed by atoms with Crippen LogP contribution in [0.5, 0.6) is 0 Å². The van der Waals surface area contributed by atoms with E-state index in [1.807, 2.05) is 24.3 Å². The van der Waals surface area contributed by atoms with Gasteiger partial charge in [0.25, 0.3) is 11.5 Å². The van der Waals surface area contributed by atoms with Crippen molar-refractivity contribution in [3.05, 3.63) is 87.9 Å². The number of aliphatic hydroxyl groups excluding tert-OH is 1. The first-order valence-corrected chi connectivity index (χ1v) is 11.4. The van der Waals surface area contributed by atoms with Gasteiger partial charge in [-0.15, -0.1) is 11.3 Å². The van der Waals surface area contributed by atoms with Crippen LogP contribution in [0.1, 0.15) is 9.67 Å². The Morgan fingerprint density at radius 3 is 2.80 bits per heavy atom. The highest BCUT2D eigenvalue weighted by atomic mass is 32.1. The molecule has 0 saturated carbocycles. The monoisotopic (exact) mass is 490 g/mol. The summed E-state index contributed by atoms with van der Waals surface area (Å²) in [4.78, 5) is 25.5. The minimum absolute atomic E-state index is 0.00443. The number of benzene rings is 2. The molecule has 0 saturated heterocycles. The van der Waals surface area contributed by atoms with Gasteiger partial charge in [-0.2, -0.15) is 10.2 Å². The quantitative estimate of drug-likeness (QED) is 0.274. The van der Waals surface area contributed by atoms with Crippen molar-refractivity contribution in [2.24, 2.45) is 0 Å². The summed E-state index contributed by atoms with van der Waals surface area (Å²) in [5, 5.41) is 26.2. The van der Waals surface area contributed by atoms with E-state index in [1.54, 1.807) is 18.3 Å². The topological polar surface area (TPSA) is 125 Å². The Morgan fingerprint density at radius 1 is 1.11 bits per heavy atom. The Hall–Kier alpha value is -4.35. The van der Waals surface area contributed by atoms with Gasteiger partial charge in [0.15, 0.2) is 5.82 Å². The molecule has 176 valence electrons. The van der Waals surface area contributed by atoms with Gasteiger partial charge in [-0.1, -0.05) is 18.2 Å². The van der Waals surface area contributed by atoms with E-state index in [0.29, 0.717) is 28.5 Å². The average Bonchev–Trinajstić information content (AvgIpc) is 3.49. The molecule has 1 amide bonds. The van der Waals surface area contributed by atoms with Gasteiger partial charge in [0.1, 0.15) is 11.5 Å². The van der Waals surface area contributed by atoms with Gasteiger partial charge in [0.2, 0.25) is 0 Å². The van der Waals surface area contributed by atoms with Crippen molar-refractivity contribution in [1.29, 1.82) is 0 Å². The molecule has 0 spiro atoms. The van der Waals surface area contributed by atoms with E-state index < -0.39 is 17.3 Å². The minimum Gasteiger partial charge on any atom is -0.394 e. The zero-order chi connectivity index (χ0) is 24.4. The number of rotatable bonds is 7. The number of H-pyrrole nitrogens is 1. The molecule has 11 heteroatoms. The number of amides is 1. The number of hydrogen-bond acceptors (Lipinski definition) is 7. The number of aromatic amines is 1. The normalized spacial score (nSPS) is 11.0. The number of aliphatic hydroxyl groups is 1. The van der Waals surface area contributed by atoms with Crippen LogP contribution in [0, 0.1) is 5.82 Å². The maximum atomic E-state index is 14.5. The molecule has 2 aromatic carbocycles. The lowest BCUT2D eigenvalue weighted by Crippen LogP contribution is -2.14. The standard InChI is InChI=1S/C24H19FN6O3S/c25-16-6-5-14(11-18(16)27-24(34)21-12-15-3-1-2-4-20(15)35-21)17-13-19(23(33)29-28-17)26-22-7-8-31(30-22)9-10-32/h1-8,11-13,32H,9-10H2,(H,27,34)(H,29,33)(H,26,28,30). The Morgan fingerprint density at radius 2 is 1.97 bits per heavy atom. The van der Waals surface area contributed by atoms with Crippen molar-refractivity contribution in [3.8, 4) is 11.3 Å². The van der Waals surface area contributed by atoms with Crippen LogP contribution in [0.3, 0.4) is 0 Å². The summed E-state index contributed by atoms with van der Waals surface area (Å²) in [5.41, 5.74) is 0.563. The Labute approximate surface area is 201 Å². The molecule has 0 fully saturated rings. The van der Waals surface area contributed by atoms with Crippen molar-refractivity contribution in [2.75, 3.05) is 17.2 Å². The lowest BCUT2D eigenvalue weighted by atomic mass is 10.1. The van der Waals surface area contributed by atoms with Gasteiger partial charge in [-0.3, -0.25) is 14.3 Å². The Bertz CT molecular complexity index is 1560. The van der Waals surface area contributed by atoms with Crippen LogP contribution in [0.2, 0.25) is 0 Å². The first kappa shape index (κ1) is 22.4. The molecule has 5 rings (SSSR count). The lowest BCUT2D eigenvalue weighted by molar-refractivity contribution is 0.103. The summed E-state index contributed by atoms with van der Waals surface area (Å²) in [6.45, 7) is 0.263. The van der Waals surface area contributed by atoms with E-state index in [4.69, 9.17) is 5.11 Å². The highest BCUT2D eigenvalue weighted by Gasteiger charge is 2.15. The van der Waals surface area contributed by atoms with Gasteiger partial charge in [0, 0.05) is 22.5 Å². The minimum atomic E-state index is -0.597. The summed E-state index contributed by atoms with van der Waals surface area (Å²) < 4.78 is 17.0. The fraction of sp³-hybridized carbons (Fsp3) is 0.0833. The number of carbonyl (C=O) groups is 1. The summed E-state index contributed by atoms with van der Waals surface area (Å²) in [6.07, 6.45) is 1.67. The number of nitrogens with zero attached hydrogens (tertiary/aromatic N) is 3. The van der Waals surface area contributed by atoms with Gasteiger partial charge in [0.05, 0.1) is 29.4 Å². The molecule has 4 N–H and O–H groups in total. The highest BCUT2D eigenvalue weighted by molar-refractivity contribution is 7.20. The first-order chi connectivity index (χ1) is 17.0. The molecule has 0 aliphatic rings. The summed E-state index contributed by atoms with van der Waals surface area (Å²) in [7, 11) is 0. The van der Waals surface area contributed by atoms with Crippen LogP contribution in [-0.2, 0) is 6.54 Å². The third-order valence-electron chi connectivity index (χ3n) is 5.20. The number of thiophene rings is 1. The molecule has 0 bridgehead atoms. The summed E-state index contributed by atoms with van der Waals surface area (Å²) >= 11 is 1.32. The van der Waals surface area contributed by atoms with Gasteiger partial charge >= 0.3 is 0 Å². The maximum absolute atomic E-state index is 14.5. The van der Waals surface area contributed by atoms with E-state index in [1.165, 1.54) is 40.3 Å². The molecule has 0 aliphatic heterocycles. The van der Waals surface area contributed by atoms with Crippen LogP contribution in [0.15, 0.2) is 71.7 Å². The predicted octanol–water partition coefficient (Wildman–Crippen LogP) is 3.98. The molecule has 5 aromatic rings. The second-order valence-electron chi connectivity index (χ2n) is 7.61. The van der Waals surface area contributed by atoms with E-state index in [2.05, 4.69) is 25.9 Å². The first-order valence-electron chi connectivity index (χ1n) is 10.6.